The SMILES string of the molecule is CC1(C)C2=C(CC3(C)C=CC=CC3N2)c2cc(C3=C4C=CCCC4=C(C4=CC5c6ccccc6OC5C=C4)C4CC=CC=C34)ccc21. The Labute approximate surface area is 278 Å². The highest BCUT2D eigenvalue weighted by atomic mass is 16.5. The summed E-state index contributed by atoms with van der Waals surface area (Å²) in [5.74, 6) is 1.64. The van der Waals surface area contributed by atoms with E-state index in [1.165, 1.54) is 67.0 Å². The molecule has 0 saturated heterocycles. The number of fused-ring (bicyclic) bond motifs is 8. The van der Waals surface area contributed by atoms with Gasteiger partial charge in [0.2, 0.25) is 0 Å². The van der Waals surface area contributed by atoms with Crippen LogP contribution in [0.3, 0.4) is 0 Å². The van der Waals surface area contributed by atoms with Crippen molar-refractivity contribution in [2.45, 2.75) is 69.9 Å². The van der Waals surface area contributed by atoms with Gasteiger partial charge in [-0.2, -0.15) is 0 Å². The molecule has 8 aliphatic rings. The molecule has 0 fully saturated rings. The summed E-state index contributed by atoms with van der Waals surface area (Å²) in [5, 5.41) is 4.02. The topological polar surface area (TPSA) is 21.3 Å². The molecule has 2 heteroatoms. The fraction of sp³-hybridized carbons (Fsp3) is 0.289. The second-order valence-corrected chi connectivity index (χ2v) is 15.4. The van der Waals surface area contributed by atoms with Gasteiger partial charge in [0, 0.05) is 33.9 Å². The van der Waals surface area contributed by atoms with E-state index >= 15 is 0 Å². The van der Waals surface area contributed by atoms with Crippen LogP contribution in [0, 0.1) is 11.3 Å². The monoisotopic (exact) mass is 611 g/mol. The normalized spacial score (nSPS) is 31.6. The van der Waals surface area contributed by atoms with Crippen LogP contribution in [0.2, 0.25) is 0 Å². The van der Waals surface area contributed by atoms with Gasteiger partial charge in [-0.05, 0) is 99.6 Å². The van der Waals surface area contributed by atoms with E-state index in [1.807, 2.05) is 0 Å². The molecule has 2 aromatic rings. The van der Waals surface area contributed by atoms with Crippen LogP contribution < -0.4 is 10.1 Å². The van der Waals surface area contributed by atoms with Gasteiger partial charge in [-0.15, -0.1) is 0 Å². The van der Waals surface area contributed by atoms with Crippen LogP contribution in [-0.2, 0) is 5.41 Å². The maximum absolute atomic E-state index is 6.35. The van der Waals surface area contributed by atoms with Gasteiger partial charge in [-0.25, -0.2) is 0 Å². The Morgan fingerprint density at radius 1 is 0.915 bits per heavy atom. The molecule has 5 unspecified atom stereocenters. The minimum Gasteiger partial charge on any atom is -0.485 e. The largest absolute Gasteiger partial charge is 0.485 e. The number of hydrogen-bond donors (Lipinski definition) is 1. The van der Waals surface area contributed by atoms with Gasteiger partial charge < -0.3 is 10.1 Å². The summed E-state index contributed by atoms with van der Waals surface area (Å²) in [7, 11) is 0. The average molecular weight is 612 g/mol. The van der Waals surface area contributed by atoms with E-state index in [0.29, 0.717) is 12.0 Å². The number of hydrogen-bond acceptors (Lipinski definition) is 2. The van der Waals surface area contributed by atoms with Gasteiger partial charge >= 0.3 is 0 Å². The zero-order valence-electron chi connectivity index (χ0n) is 27.5. The van der Waals surface area contributed by atoms with Crippen molar-refractivity contribution in [3.05, 3.63) is 171 Å². The van der Waals surface area contributed by atoms with Crippen molar-refractivity contribution in [1.29, 1.82) is 0 Å². The summed E-state index contributed by atoms with van der Waals surface area (Å²) in [6, 6.07) is 16.3. The minimum absolute atomic E-state index is 0.0392. The standard InChI is InChI=1S/C45H41NO/c1-44(2)37-21-19-27(24-34(37)36-26-45(3)23-11-10-18-40(45)46-43(36)44)41-30-13-4-6-15-32(30)42(33-16-7-5-14-31(33)41)28-20-22-39-35(25-28)29-12-8-9-17-38(29)47-39/h4-6,8-14,17-25,32,35,39-40,46H,7,15-16,26H2,1-3H3. The second kappa shape index (κ2) is 9.73. The Bertz CT molecular complexity index is 2100. The summed E-state index contributed by atoms with van der Waals surface area (Å²) in [6.07, 6.45) is 32.6. The molecule has 1 N–H and O–H groups in total. The van der Waals surface area contributed by atoms with Crippen molar-refractivity contribution in [3.8, 4) is 5.75 Å². The molecule has 0 radical (unpaired) electrons. The summed E-state index contributed by atoms with van der Waals surface area (Å²) in [4.78, 5) is 0. The Kier molecular flexibility index (Phi) is 5.70. The van der Waals surface area contributed by atoms with E-state index in [4.69, 9.17) is 4.74 Å². The molecule has 0 spiro atoms. The van der Waals surface area contributed by atoms with Gasteiger partial charge in [0.05, 0.1) is 6.04 Å². The average Bonchev–Trinajstić information content (AvgIpc) is 3.56. The predicted molar refractivity (Wildman–Crippen MR) is 193 cm³/mol. The lowest BCUT2D eigenvalue weighted by molar-refractivity contribution is 0.268. The fourth-order valence-electron chi connectivity index (χ4n) is 9.92. The molecule has 2 aliphatic heterocycles. The molecule has 0 amide bonds. The van der Waals surface area contributed by atoms with Gasteiger partial charge in [-0.1, -0.05) is 118 Å². The lowest BCUT2D eigenvalue weighted by Crippen LogP contribution is -2.47. The highest BCUT2D eigenvalue weighted by Gasteiger charge is 2.47. The zero-order valence-corrected chi connectivity index (χ0v) is 27.5. The van der Waals surface area contributed by atoms with Crippen molar-refractivity contribution >= 4 is 11.1 Å². The predicted octanol–water partition coefficient (Wildman–Crippen LogP) is 10.1. The van der Waals surface area contributed by atoms with Crippen LogP contribution in [0.5, 0.6) is 5.75 Å². The first-order valence-electron chi connectivity index (χ1n) is 17.6. The van der Waals surface area contributed by atoms with Crippen LogP contribution in [0.25, 0.3) is 11.1 Å². The fourth-order valence-corrected chi connectivity index (χ4v) is 9.92. The van der Waals surface area contributed by atoms with Crippen molar-refractivity contribution < 1.29 is 4.74 Å². The molecule has 0 aromatic heterocycles. The number of rotatable bonds is 2. The van der Waals surface area contributed by atoms with E-state index in [0.717, 1.165) is 31.4 Å². The molecule has 0 bridgehead atoms. The van der Waals surface area contributed by atoms with Gasteiger partial charge in [0.1, 0.15) is 11.9 Å². The highest BCUT2D eigenvalue weighted by Crippen LogP contribution is 2.56. The summed E-state index contributed by atoms with van der Waals surface area (Å²) < 4.78 is 6.35. The smallest absolute Gasteiger partial charge is 0.128 e. The van der Waals surface area contributed by atoms with Gasteiger partial charge in [-0.3, -0.25) is 0 Å². The van der Waals surface area contributed by atoms with Crippen LogP contribution in [0.4, 0.5) is 0 Å². The number of allylic oxidation sites excluding steroid dienone is 16. The molecule has 0 saturated carbocycles. The number of para-hydroxylation sites is 1. The van der Waals surface area contributed by atoms with Crippen LogP contribution in [0.1, 0.15) is 74.6 Å². The Morgan fingerprint density at radius 2 is 1.83 bits per heavy atom. The highest BCUT2D eigenvalue weighted by molar-refractivity contribution is 5.93. The van der Waals surface area contributed by atoms with Crippen molar-refractivity contribution in [2.75, 3.05) is 0 Å². The Hall–Kier alpha value is -4.56. The van der Waals surface area contributed by atoms with E-state index < -0.39 is 0 Å². The van der Waals surface area contributed by atoms with Crippen molar-refractivity contribution in [3.63, 3.8) is 0 Å². The molecular weight excluding hydrogens is 571 g/mol. The minimum atomic E-state index is -0.0392. The molecule has 10 rings (SSSR count). The number of benzene rings is 2. The molecule has 232 valence electrons. The van der Waals surface area contributed by atoms with Crippen molar-refractivity contribution in [1.82, 2.24) is 5.32 Å². The first-order chi connectivity index (χ1) is 22.9. The zero-order chi connectivity index (χ0) is 31.5. The van der Waals surface area contributed by atoms with E-state index in [-0.39, 0.29) is 22.9 Å². The van der Waals surface area contributed by atoms with Gasteiger partial charge in [0.15, 0.2) is 0 Å². The van der Waals surface area contributed by atoms with Crippen molar-refractivity contribution in [2.24, 2.45) is 11.3 Å². The third-order valence-corrected chi connectivity index (χ3v) is 12.3. The quantitative estimate of drug-likeness (QED) is 0.365. The third kappa shape index (κ3) is 3.85. The van der Waals surface area contributed by atoms with Gasteiger partial charge in [0.25, 0.3) is 0 Å². The van der Waals surface area contributed by atoms with E-state index in [9.17, 15) is 0 Å². The summed E-state index contributed by atoms with van der Waals surface area (Å²) >= 11 is 0. The Morgan fingerprint density at radius 3 is 2.77 bits per heavy atom. The van der Waals surface area contributed by atoms with E-state index in [2.05, 4.69) is 141 Å². The second-order valence-electron chi connectivity index (χ2n) is 15.4. The van der Waals surface area contributed by atoms with Crippen LogP contribution in [0.15, 0.2) is 149 Å². The number of ether oxygens (including phenoxy) is 1. The first-order valence-corrected chi connectivity index (χ1v) is 17.6. The van der Waals surface area contributed by atoms with Crippen LogP contribution in [-0.4, -0.2) is 12.1 Å². The molecule has 47 heavy (non-hydrogen) atoms. The maximum Gasteiger partial charge on any atom is 0.128 e. The molecule has 2 heterocycles. The molecule has 5 atom stereocenters. The maximum atomic E-state index is 6.35. The summed E-state index contributed by atoms with van der Waals surface area (Å²) in [5.41, 5.74) is 17.3. The van der Waals surface area contributed by atoms with Crippen LogP contribution >= 0.6 is 0 Å². The first kappa shape index (κ1) is 27.5. The molecule has 2 aromatic carbocycles. The molecule has 6 aliphatic carbocycles. The Balaban J connectivity index is 1.14. The molecular formula is C45H41NO. The molecule has 2 nitrogen and oxygen atoms in total. The third-order valence-electron chi connectivity index (χ3n) is 12.3. The summed E-state index contributed by atoms with van der Waals surface area (Å²) in [6.45, 7) is 7.22. The lowest BCUT2D eigenvalue weighted by atomic mass is 9.66. The lowest BCUT2D eigenvalue weighted by Gasteiger charge is -2.43. The van der Waals surface area contributed by atoms with E-state index in [1.54, 1.807) is 0 Å². The number of nitrogens with one attached hydrogen (secondary N) is 1.